The highest BCUT2D eigenvalue weighted by Gasteiger charge is 2.33. The van der Waals surface area contributed by atoms with Gasteiger partial charge in [0.25, 0.3) is 0 Å². The molecular formula is C28H32N2O2. The number of benzene rings is 3. The van der Waals surface area contributed by atoms with Gasteiger partial charge < -0.3 is 14.4 Å². The monoisotopic (exact) mass is 428 g/mol. The minimum absolute atomic E-state index is 0.265. The number of rotatable bonds is 6. The summed E-state index contributed by atoms with van der Waals surface area (Å²) in [5.41, 5.74) is 3.89. The number of para-hydroxylation sites is 1. The van der Waals surface area contributed by atoms with Gasteiger partial charge in [0.15, 0.2) is 0 Å². The first kappa shape index (κ1) is 21.0. The summed E-state index contributed by atoms with van der Waals surface area (Å²) < 4.78 is 12.2. The van der Waals surface area contributed by atoms with E-state index in [1.807, 2.05) is 0 Å². The zero-order valence-corrected chi connectivity index (χ0v) is 18.8. The van der Waals surface area contributed by atoms with E-state index in [-0.39, 0.29) is 11.8 Å². The molecule has 2 aliphatic heterocycles. The molecule has 1 fully saturated rings. The van der Waals surface area contributed by atoms with Gasteiger partial charge in [-0.1, -0.05) is 60.7 Å². The number of hydrogen-bond donors (Lipinski definition) is 0. The van der Waals surface area contributed by atoms with Gasteiger partial charge in [0, 0.05) is 50.1 Å². The molecule has 166 valence electrons. The van der Waals surface area contributed by atoms with E-state index in [1.54, 1.807) is 0 Å². The Labute approximate surface area is 191 Å². The highest BCUT2D eigenvalue weighted by atomic mass is 16.5. The van der Waals surface area contributed by atoms with E-state index in [9.17, 15) is 0 Å². The Kier molecular flexibility index (Phi) is 6.42. The van der Waals surface area contributed by atoms with Gasteiger partial charge in [-0.3, -0.25) is 4.90 Å². The van der Waals surface area contributed by atoms with Crippen LogP contribution in [0.5, 0.6) is 11.5 Å². The smallest absolute Gasteiger partial charge is 0.123 e. The topological polar surface area (TPSA) is 24.9 Å². The lowest BCUT2D eigenvalue weighted by molar-refractivity contribution is 0.133. The number of fused-ring (bicyclic) bond motifs is 1. The highest BCUT2D eigenvalue weighted by molar-refractivity contribution is 5.48. The fourth-order valence-corrected chi connectivity index (χ4v) is 4.90. The molecule has 4 heteroatoms. The molecule has 0 aromatic heterocycles. The van der Waals surface area contributed by atoms with Gasteiger partial charge in [-0.15, -0.1) is 0 Å². The van der Waals surface area contributed by atoms with Crippen LogP contribution in [0.15, 0.2) is 78.9 Å². The van der Waals surface area contributed by atoms with E-state index in [0.29, 0.717) is 6.61 Å². The zero-order chi connectivity index (χ0) is 21.8. The second kappa shape index (κ2) is 9.76. The van der Waals surface area contributed by atoms with Gasteiger partial charge in [0.05, 0.1) is 6.61 Å². The van der Waals surface area contributed by atoms with E-state index in [2.05, 4.69) is 95.7 Å². The molecule has 0 radical (unpaired) electrons. The maximum atomic E-state index is 6.15. The van der Waals surface area contributed by atoms with Crippen LogP contribution in [0.3, 0.4) is 0 Å². The van der Waals surface area contributed by atoms with Crippen molar-refractivity contribution in [1.29, 1.82) is 0 Å². The third-order valence-corrected chi connectivity index (χ3v) is 6.81. The average molecular weight is 429 g/mol. The Hall–Kier alpha value is -2.82. The average Bonchev–Trinajstić information content (AvgIpc) is 2.85. The summed E-state index contributed by atoms with van der Waals surface area (Å²) in [6.45, 7) is 6.95. The van der Waals surface area contributed by atoms with Crippen molar-refractivity contribution in [2.45, 2.75) is 11.8 Å². The third kappa shape index (κ3) is 4.67. The van der Waals surface area contributed by atoms with Gasteiger partial charge >= 0.3 is 0 Å². The molecule has 0 N–H and O–H groups in total. The van der Waals surface area contributed by atoms with Crippen molar-refractivity contribution in [3.63, 3.8) is 0 Å². The number of hydrogen-bond acceptors (Lipinski definition) is 4. The van der Waals surface area contributed by atoms with E-state index in [4.69, 9.17) is 9.47 Å². The Bertz CT molecular complexity index is 997. The second-order valence-corrected chi connectivity index (χ2v) is 8.91. The fraction of sp³-hybridized carbons (Fsp3) is 0.357. The van der Waals surface area contributed by atoms with Crippen molar-refractivity contribution in [1.82, 2.24) is 9.80 Å². The van der Waals surface area contributed by atoms with Crippen LogP contribution in [0, 0.1) is 0 Å². The molecular weight excluding hydrogens is 396 g/mol. The Balaban J connectivity index is 1.31. The Morgan fingerprint density at radius 2 is 1.53 bits per heavy atom. The molecule has 3 aromatic carbocycles. The summed E-state index contributed by atoms with van der Waals surface area (Å²) in [6.07, 6.45) is 0. The van der Waals surface area contributed by atoms with Crippen LogP contribution >= 0.6 is 0 Å². The van der Waals surface area contributed by atoms with Gasteiger partial charge in [-0.05, 0) is 36.4 Å². The summed E-state index contributed by atoms with van der Waals surface area (Å²) in [4.78, 5) is 4.87. The van der Waals surface area contributed by atoms with Crippen molar-refractivity contribution in [3.05, 3.63) is 95.6 Å². The molecule has 4 nitrogen and oxygen atoms in total. The normalized spacial score (nSPS) is 21.5. The largest absolute Gasteiger partial charge is 0.493 e. The molecule has 0 saturated carbocycles. The number of nitrogens with zero attached hydrogens (tertiary/aromatic N) is 2. The lowest BCUT2D eigenvalue weighted by Crippen LogP contribution is -2.45. The molecule has 0 amide bonds. The summed E-state index contributed by atoms with van der Waals surface area (Å²) >= 11 is 0. The maximum Gasteiger partial charge on any atom is 0.123 e. The minimum atomic E-state index is 0.265. The number of ether oxygens (including phenoxy) is 2. The van der Waals surface area contributed by atoms with Crippen molar-refractivity contribution < 1.29 is 9.47 Å². The molecule has 32 heavy (non-hydrogen) atoms. The highest BCUT2D eigenvalue weighted by Crippen LogP contribution is 2.46. The molecule has 0 spiro atoms. The van der Waals surface area contributed by atoms with Crippen LogP contribution in [-0.4, -0.2) is 62.8 Å². The molecule has 1 saturated heterocycles. The van der Waals surface area contributed by atoms with Crippen LogP contribution < -0.4 is 9.47 Å². The molecule has 2 heterocycles. The minimum Gasteiger partial charge on any atom is -0.493 e. The zero-order valence-electron chi connectivity index (χ0n) is 18.8. The molecule has 0 bridgehead atoms. The first-order valence-electron chi connectivity index (χ1n) is 11.7. The third-order valence-electron chi connectivity index (χ3n) is 6.81. The van der Waals surface area contributed by atoms with Crippen LogP contribution in [0.25, 0.3) is 0 Å². The number of likely N-dealkylation sites (N-methyl/N-ethyl adjacent to an activating group) is 1. The van der Waals surface area contributed by atoms with Gasteiger partial charge in [0.1, 0.15) is 18.1 Å². The van der Waals surface area contributed by atoms with E-state index >= 15 is 0 Å². The summed E-state index contributed by atoms with van der Waals surface area (Å²) in [5, 5.41) is 0. The predicted octanol–water partition coefficient (Wildman–Crippen LogP) is 4.62. The lowest BCUT2D eigenvalue weighted by atomic mass is 9.76. The fourth-order valence-electron chi connectivity index (χ4n) is 4.90. The molecule has 2 unspecified atom stereocenters. The maximum absolute atomic E-state index is 6.15. The van der Waals surface area contributed by atoms with E-state index in [0.717, 1.165) is 50.8 Å². The SMILES string of the molecule is CN1CCN(CCOc2ccc(C3c4ccccc4OCC3c3ccccc3)cc2)CC1. The molecule has 2 atom stereocenters. The van der Waals surface area contributed by atoms with Crippen molar-refractivity contribution >= 4 is 0 Å². The van der Waals surface area contributed by atoms with Crippen LogP contribution in [0.2, 0.25) is 0 Å². The summed E-state index contributed by atoms with van der Waals surface area (Å²) in [6, 6.07) is 27.9. The van der Waals surface area contributed by atoms with Crippen molar-refractivity contribution in [2.75, 3.05) is 53.0 Å². The van der Waals surface area contributed by atoms with E-state index in [1.165, 1.54) is 16.7 Å². The van der Waals surface area contributed by atoms with Gasteiger partial charge in [0.2, 0.25) is 0 Å². The first-order valence-corrected chi connectivity index (χ1v) is 11.7. The number of piperazine rings is 1. The van der Waals surface area contributed by atoms with Crippen LogP contribution in [0.1, 0.15) is 28.5 Å². The van der Waals surface area contributed by atoms with Crippen LogP contribution in [-0.2, 0) is 0 Å². The standard InChI is InChI=1S/C28H32N2O2/c1-29-15-17-30(18-16-29)19-20-31-24-13-11-23(12-14-24)28-25-9-5-6-10-27(25)32-21-26(28)22-7-3-2-4-8-22/h2-14,26,28H,15-21H2,1H3. The van der Waals surface area contributed by atoms with Crippen molar-refractivity contribution in [3.8, 4) is 11.5 Å². The summed E-state index contributed by atoms with van der Waals surface area (Å²) in [7, 11) is 2.19. The van der Waals surface area contributed by atoms with Gasteiger partial charge in [-0.2, -0.15) is 0 Å². The molecule has 3 aromatic rings. The summed E-state index contributed by atoms with van der Waals surface area (Å²) in [5.74, 6) is 2.49. The van der Waals surface area contributed by atoms with Crippen molar-refractivity contribution in [2.24, 2.45) is 0 Å². The quantitative estimate of drug-likeness (QED) is 0.572. The van der Waals surface area contributed by atoms with E-state index < -0.39 is 0 Å². The van der Waals surface area contributed by atoms with Crippen LogP contribution in [0.4, 0.5) is 0 Å². The Morgan fingerprint density at radius 3 is 2.31 bits per heavy atom. The molecule has 0 aliphatic carbocycles. The Morgan fingerprint density at radius 1 is 0.812 bits per heavy atom. The lowest BCUT2D eigenvalue weighted by Gasteiger charge is -2.34. The second-order valence-electron chi connectivity index (χ2n) is 8.91. The predicted molar refractivity (Wildman–Crippen MR) is 129 cm³/mol. The first-order chi connectivity index (χ1) is 15.8. The molecule has 5 rings (SSSR count). The molecule has 2 aliphatic rings. The van der Waals surface area contributed by atoms with Gasteiger partial charge in [-0.25, -0.2) is 0 Å².